The summed E-state index contributed by atoms with van der Waals surface area (Å²) in [6, 6.07) is 10.8. The van der Waals surface area contributed by atoms with E-state index in [4.69, 9.17) is 0 Å². The molecule has 6 nitrogen and oxygen atoms in total. The molecule has 1 unspecified atom stereocenters. The average Bonchev–Trinajstić information content (AvgIpc) is 3.10. The van der Waals surface area contributed by atoms with Crippen molar-refractivity contribution in [1.29, 1.82) is 0 Å². The Kier molecular flexibility index (Phi) is 7.40. The summed E-state index contributed by atoms with van der Waals surface area (Å²) in [5, 5.41) is 19.5. The Hall–Kier alpha value is -2.41. The number of nitrogens with zero attached hydrogens (tertiary/aromatic N) is 2. The van der Waals surface area contributed by atoms with Crippen LogP contribution in [0.4, 0.5) is 5.69 Å². The molecule has 2 rings (SSSR count). The van der Waals surface area contributed by atoms with E-state index in [1.807, 2.05) is 13.0 Å². The third-order valence-electron chi connectivity index (χ3n) is 3.63. The molecule has 0 aliphatic rings. The van der Waals surface area contributed by atoms with Gasteiger partial charge in [0.2, 0.25) is 0 Å². The highest BCUT2D eigenvalue weighted by Crippen LogP contribution is 2.14. The number of guanidine groups is 1. The zero-order valence-corrected chi connectivity index (χ0v) is 15.4. The first-order valence-corrected chi connectivity index (χ1v) is 9.24. The minimum Gasteiger partial charge on any atom is -0.357 e. The number of thiophene rings is 1. The maximum Gasteiger partial charge on any atom is 0.269 e. The van der Waals surface area contributed by atoms with Crippen LogP contribution in [-0.2, 0) is 13.0 Å². The molecule has 1 aromatic carbocycles. The molecule has 0 amide bonds. The van der Waals surface area contributed by atoms with Crippen molar-refractivity contribution in [3.05, 3.63) is 62.3 Å². The molecule has 0 fully saturated rings. The lowest BCUT2D eigenvalue weighted by Crippen LogP contribution is -2.39. The van der Waals surface area contributed by atoms with Gasteiger partial charge in [-0.15, -0.1) is 11.3 Å². The van der Waals surface area contributed by atoms with Crippen molar-refractivity contribution in [3.8, 4) is 0 Å². The average molecular weight is 360 g/mol. The van der Waals surface area contributed by atoms with Gasteiger partial charge in [-0.3, -0.25) is 10.1 Å². The number of nitro groups is 1. The fraction of sp³-hybridized carbons (Fsp3) is 0.389. The van der Waals surface area contributed by atoms with Crippen LogP contribution in [-0.4, -0.2) is 24.0 Å². The Labute approximate surface area is 152 Å². The van der Waals surface area contributed by atoms with E-state index in [1.165, 1.54) is 10.9 Å². The third kappa shape index (κ3) is 6.54. The fourth-order valence-corrected chi connectivity index (χ4v) is 3.27. The van der Waals surface area contributed by atoms with Gasteiger partial charge >= 0.3 is 0 Å². The van der Waals surface area contributed by atoms with Crippen molar-refractivity contribution < 1.29 is 4.92 Å². The molecule has 1 aromatic heterocycles. The predicted molar refractivity (Wildman–Crippen MR) is 103 cm³/mol. The highest BCUT2D eigenvalue weighted by molar-refractivity contribution is 7.09. The van der Waals surface area contributed by atoms with Gasteiger partial charge in [-0.25, -0.2) is 4.99 Å². The molecule has 1 heterocycles. The maximum atomic E-state index is 10.8. The summed E-state index contributed by atoms with van der Waals surface area (Å²) in [5.41, 5.74) is 0.910. The van der Waals surface area contributed by atoms with Gasteiger partial charge in [-0.05, 0) is 36.3 Å². The lowest BCUT2D eigenvalue weighted by Gasteiger charge is -2.15. The van der Waals surface area contributed by atoms with Crippen molar-refractivity contribution in [2.45, 2.75) is 26.8 Å². The molecule has 25 heavy (non-hydrogen) atoms. The summed E-state index contributed by atoms with van der Waals surface area (Å²) in [7, 11) is 0. The van der Waals surface area contributed by atoms with Crippen molar-refractivity contribution in [3.63, 3.8) is 0 Å². The van der Waals surface area contributed by atoms with Crippen LogP contribution in [0.2, 0.25) is 0 Å². The number of hydrogen-bond donors (Lipinski definition) is 2. The van der Waals surface area contributed by atoms with Crippen molar-refractivity contribution in [2.75, 3.05) is 13.1 Å². The van der Waals surface area contributed by atoms with Gasteiger partial charge in [0, 0.05) is 30.1 Å². The summed E-state index contributed by atoms with van der Waals surface area (Å²) < 4.78 is 0. The van der Waals surface area contributed by atoms with E-state index in [0.29, 0.717) is 12.5 Å². The summed E-state index contributed by atoms with van der Waals surface area (Å²) in [6.07, 6.45) is 1.04. The van der Waals surface area contributed by atoms with Crippen LogP contribution < -0.4 is 10.6 Å². The molecule has 1 atom stereocenters. The summed E-state index contributed by atoms with van der Waals surface area (Å²) in [5.74, 6) is 1.22. The second-order valence-electron chi connectivity index (χ2n) is 5.89. The quantitative estimate of drug-likeness (QED) is 0.326. The molecule has 134 valence electrons. The molecule has 7 heteroatoms. The van der Waals surface area contributed by atoms with E-state index in [0.717, 1.165) is 31.0 Å². The second-order valence-corrected chi connectivity index (χ2v) is 6.92. The highest BCUT2D eigenvalue weighted by Gasteiger charge is 2.07. The van der Waals surface area contributed by atoms with E-state index >= 15 is 0 Å². The number of hydrogen-bond acceptors (Lipinski definition) is 4. The second kappa shape index (κ2) is 9.78. The molecule has 0 aliphatic carbocycles. The van der Waals surface area contributed by atoms with Crippen LogP contribution in [0.15, 0.2) is 46.8 Å². The zero-order valence-electron chi connectivity index (χ0n) is 14.6. The predicted octanol–water partition coefficient (Wildman–Crippen LogP) is 3.59. The molecule has 2 aromatic rings. The highest BCUT2D eigenvalue weighted by atomic mass is 32.1. The SMILES string of the molecule is CCNC(=NCc1cccc([N+](=O)[O-])c1)NCC(C)Cc1cccs1. The Morgan fingerprint density at radius 1 is 1.32 bits per heavy atom. The van der Waals surface area contributed by atoms with Gasteiger partial charge in [-0.1, -0.05) is 25.1 Å². The van der Waals surface area contributed by atoms with Crippen molar-refractivity contribution in [1.82, 2.24) is 10.6 Å². The number of non-ortho nitro benzene ring substituents is 1. The monoisotopic (exact) mass is 360 g/mol. The van der Waals surface area contributed by atoms with Crippen molar-refractivity contribution in [2.24, 2.45) is 10.9 Å². The Bertz CT molecular complexity index is 701. The largest absolute Gasteiger partial charge is 0.357 e. The van der Waals surface area contributed by atoms with Crippen LogP contribution in [0.3, 0.4) is 0 Å². The van der Waals surface area contributed by atoms with E-state index in [2.05, 4.69) is 40.1 Å². The standard InChI is InChI=1S/C18H24N4O2S/c1-3-19-18(20-12-14(2)10-17-8-5-9-25-17)21-13-15-6-4-7-16(11-15)22(23)24/h4-9,11,14H,3,10,12-13H2,1-2H3,(H2,19,20,21). The lowest BCUT2D eigenvalue weighted by molar-refractivity contribution is -0.384. The molecule has 0 saturated heterocycles. The van der Waals surface area contributed by atoms with Gasteiger partial charge in [0.25, 0.3) is 5.69 Å². The molecule has 0 radical (unpaired) electrons. The summed E-state index contributed by atoms with van der Waals surface area (Å²) in [6.45, 7) is 6.20. The normalized spacial score (nSPS) is 12.6. The van der Waals surface area contributed by atoms with Gasteiger partial charge in [0.15, 0.2) is 5.96 Å². The topological polar surface area (TPSA) is 79.6 Å². The summed E-state index contributed by atoms with van der Waals surface area (Å²) in [4.78, 5) is 16.4. The number of nitrogens with one attached hydrogen (secondary N) is 2. The summed E-state index contributed by atoms with van der Waals surface area (Å²) >= 11 is 1.78. The first kappa shape index (κ1) is 18.9. The smallest absolute Gasteiger partial charge is 0.269 e. The van der Waals surface area contributed by atoms with Crippen LogP contribution in [0, 0.1) is 16.0 Å². The molecule has 2 N–H and O–H groups in total. The fourth-order valence-electron chi connectivity index (χ4n) is 2.40. The van der Waals surface area contributed by atoms with Gasteiger partial charge in [0.05, 0.1) is 11.5 Å². The van der Waals surface area contributed by atoms with E-state index in [1.54, 1.807) is 23.5 Å². The van der Waals surface area contributed by atoms with Crippen LogP contribution in [0.1, 0.15) is 24.3 Å². The molecule has 0 aliphatic heterocycles. The lowest BCUT2D eigenvalue weighted by atomic mass is 10.1. The number of nitro benzene ring substituents is 1. The maximum absolute atomic E-state index is 10.8. The number of benzene rings is 1. The van der Waals surface area contributed by atoms with Crippen LogP contribution in [0.25, 0.3) is 0 Å². The molecular weight excluding hydrogens is 336 g/mol. The third-order valence-corrected chi connectivity index (χ3v) is 4.53. The van der Waals surface area contributed by atoms with E-state index in [9.17, 15) is 10.1 Å². The minimum atomic E-state index is -0.386. The van der Waals surface area contributed by atoms with E-state index < -0.39 is 0 Å². The Balaban J connectivity index is 1.91. The Morgan fingerprint density at radius 3 is 2.84 bits per heavy atom. The first-order valence-electron chi connectivity index (χ1n) is 8.36. The van der Waals surface area contributed by atoms with Gasteiger partial charge in [0.1, 0.15) is 0 Å². The van der Waals surface area contributed by atoms with Crippen LogP contribution >= 0.6 is 11.3 Å². The van der Waals surface area contributed by atoms with Crippen molar-refractivity contribution >= 4 is 23.0 Å². The molecular formula is C18H24N4O2S. The minimum absolute atomic E-state index is 0.0928. The zero-order chi connectivity index (χ0) is 18.1. The number of aliphatic imine (C=N–C) groups is 1. The van der Waals surface area contributed by atoms with Gasteiger partial charge in [-0.2, -0.15) is 0 Å². The molecule has 0 spiro atoms. The van der Waals surface area contributed by atoms with E-state index in [-0.39, 0.29) is 10.6 Å². The number of rotatable bonds is 8. The molecule has 0 bridgehead atoms. The van der Waals surface area contributed by atoms with Gasteiger partial charge < -0.3 is 10.6 Å². The molecule has 0 saturated carbocycles. The van der Waals surface area contributed by atoms with Crippen LogP contribution in [0.5, 0.6) is 0 Å². The Morgan fingerprint density at radius 2 is 2.16 bits per heavy atom. The first-order chi connectivity index (χ1) is 12.1.